The van der Waals surface area contributed by atoms with Gasteiger partial charge in [-0.3, -0.25) is 14.5 Å². The van der Waals surface area contributed by atoms with Crippen molar-refractivity contribution in [1.29, 1.82) is 0 Å². The summed E-state index contributed by atoms with van der Waals surface area (Å²) in [5.74, 6) is -0.466. The minimum Gasteiger partial charge on any atom is -0.507 e. The summed E-state index contributed by atoms with van der Waals surface area (Å²) < 4.78 is 5.73. The number of ether oxygens (including phenoxy) is 1. The highest BCUT2D eigenvalue weighted by Gasteiger charge is 2.48. The predicted octanol–water partition coefficient (Wildman–Crippen LogP) is 5.53. The van der Waals surface area contributed by atoms with Gasteiger partial charge < -0.3 is 14.8 Å². The summed E-state index contributed by atoms with van der Waals surface area (Å²) in [6, 6.07) is 20.9. The second-order valence-electron chi connectivity index (χ2n) is 9.39. The molecular formula is C29H27N3O4. The van der Waals surface area contributed by atoms with Crippen LogP contribution in [0.15, 0.2) is 78.4 Å². The van der Waals surface area contributed by atoms with Crippen molar-refractivity contribution < 1.29 is 19.4 Å². The molecule has 36 heavy (non-hydrogen) atoms. The Morgan fingerprint density at radius 2 is 1.78 bits per heavy atom. The van der Waals surface area contributed by atoms with E-state index in [0.29, 0.717) is 34.9 Å². The van der Waals surface area contributed by atoms with E-state index in [1.165, 1.54) is 4.90 Å². The number of hydrogen-bond acceptors (Lipinski definition) is 5. The number of carbonyl (C=O) groups excluding carboxylic acids is 2. The zero-order valence-electron chi connectivity index (χ0n) is 20.4. The molecule has 1 atom stereocenters. The number of Topliss-reactive ketones (excluding diaryl/α,β-unsaturated/α-hetero) is 1. The monoisotopic (exact) mass is 481 g/mol. The molecule has 2 N–H and O–H groups in total. The molecule has 4 aromatic rings. The van der Waals surface area contributed by atoms with Crippen LogP contribution in [0.4, 0.5) is 5.95 Å². The van der Waals surface area contributed by atoms with E-state index < -0.39 is 17.7 Å². The molecular weight excluding hydrogens is 454 g/mol. The molecule has 1 amide bonds. The van der Waals surface area contributed by atoms with Crippen LogP contribution in [-0.2, 0) is 9.59 Å². The van der Waals surface area contributed by atoms with E-state index in [2.05, 4.69) is 23.8 Å². The number of aliphatic hydroxyl groups excluding tert-OH is 1. The molecule has 0 aliphatic carbocycles. The Hall–Kier alpha value is -4.39. The van der Waals surface area contributed by atoms with Crippen molar-refractivity contribution in [3.63, 3.8) is 0 Å². The van der Waals surface area contributed by atoms with Gasteiger partial charge in [0.25, 0.3) is 5.78 Å². The van der Waals surface area contributed by atoms with Crippen LogP contribution in [0.2, 0.25) is 0 Å². The van der Waals surface area contributed by atoms with Crippen molar-refractivity contribution in [2.45, 2.75) is 26.8 Å². The molecule has 5 rings (SSSR count). The second kappa shape index (κ2) is 9.34. The third-order valence-corrected chi connectivity index (χ3v) is 6.12. The number of fused-ring (bicyclic) bond motifs is 1. The molecule has 7 nitrogen and oxygen atoms in total. The Bertz CT molecular complexity index is 1470. The summed E-state index contributed by atoms with van der Waals surface area (Å²) in [6.07, 6.45) is 0. The van der Waals surface area contributed by atoms with Crippen molar-refractivity contribution in [3.05, 3.63) is 95.1 Å². The van der Waals surface area contributed by atoms with Gasteiger partial charge >= 0.3 is 5.91 Å². The topological polar surface area (TPSA) is 95.5 Å². The summed E-state index contributed by atoms with van der Waals surface area (Å²) in [4.78, 5) is 35.8. The van der Waals surface area contributed by atoms with E-state index in [0.717, 1.165) is 11.1 Å². The van der Waals surface area contributed by atoms with Gasteiger partial charge in [0.1, 0.15) is 11.5 Å². The molecule has 1 unspecified atom stereocenters. The lowest BCUT2D eigenvalue weighted by molar-refractivity contribution is -0.132. The number of nitrogens with zero attached hydrogens (tertiary/aromatic N) is 2. The van der Waals surface area contributed by atoms with Crippen molar-refractivity contribution in [2.75, 3.05) is 11.5 Å². The molecule has 0 bridgehead atoms. The van der Waals surface area contributed by atoms with Gasteiger partial charge in [-0.2, -0.15) is 0 Å². The predicted molar refractivity (Wildman–Crippen MR) is 139 cm³/mol. The van der Waals surface area contributed by atoms with Crippen LogP contribution in [0.5, 0.6) is 5.75 Å². The number of aryl methyl sites for hydroxylation is 1. The molecule has 182 valence electrons. The fraction of sp³-hybridized carbons (Fsp3) is 0.207. The first-order chi connectivity index (χ1) is 17.3. The molecule has 3 aromatic carbocycles. The lowest BCUT2D eigenvalue weighted by Gasteiger charge is -2.23. The molecule has 1 aromatic heterocycles. The number of ketones is 1. The number of anilines is 1. The van der Waals surface area contributed by atoms with Gasteiger partial charge in [0.15, 0.2) is 0 Å². The van der Waals surface area contributed by atoms with Crippen LogP contribution in [-0.4, -0.2) is 33.4 Å². The van der Waals surface area contributed by atoms with E-state index in [9.17, 15) is 14.7 Å². The Kier molecular flexibility index (Phi) is 6.06. The number of rotatable bonds is 6. The third-order valence-electron chi connectivity index (χ3n) is 6.12. The second-order valence-corrected chi connectivity index (χ2v) is 9.39. The number of aromatic nitrogens is 2. The highest BCUT2D eigenvalue weighted by atomic mass is 16.5. The van der Waals surface area contributed by atoms with Crippen LogP contribution < -0.4 is 9.64 Å². The average Bonchev–Trinajstić information content (AvgIpc) is 3.40. The summed E-state index contributed by atoms with van der Waals surface area (Å²) in [5.41, 5.74) is 3.61. The lowest BCUT2D eigenvalue weighted by atomic mass is 9.95. The fourth-order valence-corrected chi connectivity index (χ4v) is 4.35. The first-order valence-electron chi connectivity index (χ1n) is 11.9. The first kappa shape index (κ1) is 23.4. The number of hydrogen-bond donors (Lipinski definition) is 2. The van der Waals surface area contributed by atoms with Gasteiger partial charge in [-0.1, -0.05) is 50.2 Å². The van der Waals surface area contributed by atoms with Gasteiger partial charge in [0.05, 0.1) is 29.3 Å². The summed E-state index contributed by atoms with van der Waals surface area (Å²) >= 11 is 0. The van der Waals surface area contributed by atoms with E-state index >= 15 is 0 Å². The largest absolute Gasteiger partial charge is 0.507 e. The van der Waals surface area contributed by atoms with Crippen LogP contribution in [0, 0.1) is 12.8 Å². The number of H-pyrrole nitrogens is 1. The van der Waals surface area contributed by atoms with Gasteiger partial charge in [0, 0.05) is 5.56 Å². The zero-order chi connectivity index (χ0) is 25.4. The maximum atomic E-state index is 13.3. The maximum Gasteiger partial charge on any atom is 0.302 e. The standard InChI is InChI=1S/C29H27N3O4/c1-17(2)16-36-21-12-10-20(11-13-21)26(33)24-25(19-7-5-4-6-8-19)32(28(35)27(24)34)29-30-22-14-9-18(3)15-23(22)31-29/h4-15,17,25,33H,16H2,1-3H3,(H,30,31)/b26-24+. The van der Waals surface area contributed by atoms with Gasteiger partial charge in [-0.05, 0) is 60.4 Å². The summed E-state index contributed by atoms with van der Waals surface area (Å²) in [5, 5.41) is 11.3. The van der Waals surface area contributed by atoms with Gasteiger partial charge in [-0.15, -0.1) is 0 Å². The Morgan fingerprint density at radius 3 is 2.47 bits per heavy atom. The van der Waals surface area contributed by atoms with E-state index in [4.69, 9.17) is 4.74 Å². The van der Waals surface area contributed by atoms with E-state index in [1.807, 2.05) is 55.5 Å². The molecule has 0 saturated carbocycles. The molecule has 2 heterocycles. The number of carbonyl (C=O) groups is 2. The Balaban J connectivity index is 1.61. The molecule has 0 spiro atoms. The number of benzene rings is 3. The average molecular weight is 482 g/mol. The number of aliphatic hydroxyl groups is 1. The molecule has 1 saturated heterocycles. The number of nitrogens with one attached hydrogen (secondary N) is 1. The van der Waals surface area contributed by atoms with Crippen molar-refractivity contribution in [1.82, 2.24) is 9.97 Å². The van der Waals surface area contributed by atoms with Gasteiger partial charge in [0.2, 0.25) is 5.95 Å². The minimum atomic E-state index is -0.843. The van der Waals surface area contributed by atoms with Crippen LogP contribution in [0.25, 0.3) is 16.8 Å². The number of aromatic amines is 1. The maximum absolute atomic E-state index is 13.3. The fourth-order valence-electron chi connectivity index (χ4n) is 4.35. The molecule has 7 heteroatoms. The zero-order valence-corrected chi connectivity index (χ0v) is 20.4. The Morgan fingerprint density at radius 1 is 1.06 bits per heavy atom. The smallest absolute Gasteiger partial charge is 0.302 e. The van der Waals surface area contributed by atoms with Gasteiger partial charge in [-0.25, -0.2) is 4.98 Å². The molecule has 1 aliphatic rings. The van der Waals surface area contributed by atoms with E-state index in [1.54, 1.807) is 24.3 Å². The Labute approximate surface area is 209 Å². The number of amides is 1. The first-order valence-corrected chi connectivity index (χ1v) is 11.9. The van der Waals surface area contributed by atoms with E-state index in [-0.39, 0.29) is 17.3 Å². The minimum absolute atomic E-state index is 0.0127. The van der Waals surface area contributed by atoms with Crippen molar-refractivity contribution in [3.8, 4) is 5.75 Å². The van der Waals surface area contributed by atoms with Crippen LogP contribution >= 0.6 is 0 Å². The SMILES string of the molecule is Cc1ccc2nc(N3C(=O)C(=O)/C(=C(/O)c4ccc(OCC(C)C)cc4)C3c3ccccc3)[nH]c2c1. The molecule has 1 aliphatic heterocycles. The summed E-state index contributed by atoms with van der Waals surface area (Å²) in [7, 11) is 0. The normalized spacial score (nSPS) is 17.3. The third kappa shape index (κ3) is 4.24. The lowest BCUT2D eigenvalue weighted by Crippen LogP contribution is -2.30. The highest BCUT2D eigenvalue weighted by molar-refractivity contribution is 6.51. The van der Waals surface area contributed by atoms with Crippen molar-refractivity contribution >= 4 is 34.4 Å². The van der Waals surface area contributed by atoms with Crippen molar-refractivity contribution in [2.24, 2.45) is 5.92 Å². The van der Waals surface area contributed by atoms with Crippen LogP contribution in [0.3, 0.4) is 0 Å². The molecule has 0 radical (unpaired) electrons. The summed E-state index contributed by atoms with van der Waals surface area (Å²) in [6.45, 7) is 6.66. The molecule has 1 fully saturated rings. The number of imidazole rings is 1. The highest BCUT2D eigenvalue weighted by Crippen LogP contribution is 2.41. The quantitative estimate of drug-likeness (QED) is 0.214. The van der Waals surface area contributed by atoms with Crippen LogP contribution in [0.1, 0.15) is 36.6 Å².